The second-order valence-corrected chi connectivity index (χ2v) is 4.08. The van der Waals surface area contributed by atoms with Gasteiger partial charge in [0, 0.05) is 0 Å². The highest BCUT2D eigenvalue weighted by molar-refractivity contribution is 5.76. The molecular weight excluding hydrogens is 209 g/mol. The lowest BCUT2D eigenvalue weighted by Gasteiger charge is -2.25. The van der Waals surface area contributed by atoms with Gasteiger partial charge in [-0.3, -0.25) is 4.79 Å². The van der Waals surface area contributed by atoms with E-state index in [4.69, 9.17) is 0 Å². The molecule has 0 fully saturated rings. The standard InChI is InChI=1S/C10H17F3O2/c1-5-7(10(11,12)13)15-8(14)9(3,4)6-2/h7H,5-6H2,1-4H3. The van der Waals surface area contributed by atoms with Crippen molar-refractivity contribution in [3.05, 3.63) is 0 Å². The van der Waals surface area contributed by atoms with Crippen LogP contribution in [-0.4, -0.2) is 18.2 Å². The van der Waals surface area contributed by atoms with Gasteiger partial charge in [-0.05, 0) is 26.7 Å². The van der Waals surface area contributed by atoms with Gasteiger partial charge in [-0.1, -0.05) is 13.8 Å². The van der Waals surface area contributed by atoms with Gasteiger partial charge in [0.1, 0.15) is 0 Å². The second-order valence-electron chi connectivity index (χ2n) is 4.08. The van der Waals surface area contributed by atoms with Gasteiger partial charge < -0.3 is 4.74 Å². The zero-order chi connectivity index (χ0) is 12.3. The van der Waals surface area contributed by atoms with Crippen molar-refractivity contribution in [2.75, 3.05) is 0 Å². The minimum atomic E-state index is -4.48. The molecule has 1 atom stereocenters. The predicted octanol–water partition coefficient (Wildman–Crippen LogP) is 3.31. The molecule has 5 heteroatoms. The Kier molecular flexibility index (Phi) is 4.62. The van der Waals surface area contributed by atoms with E-state index in [2.05, 4.69) is 4.74 Å². The van der Waals surface area contributed by atoms with E-state index >= 15 is 0 Å². The third kappa shape index (κ3) is 4.10. The molecule has 0 bridgehead atoms. The monoisotopic (exact) mass is 226 g/mol. The summed E-state index contributed by atoms with van der Waals surface area (Å²) in [6.07, 6.45) is -6.28. The Morgan fingerprint density at radius 2 is 1.73 bits per heavy atom. The van der Waals surface area contributed by atoms with Crippen molar-refractivity contribution in [1.29, 1.82) is 0 Å². The fraction of sp³-hybridized carbons (Fsp3) is 0.900. The van der Waals surface area contributed by atoms with Gasteiger partial charge in [-0.15, -0.1) is 0 Å². The maximum absolute atomic E-state index is 12.3. The molecule has 0 aromatic carbocycles. The number of esters is 1. The Labute approximate surface area is 87.8 Å². The second kappa shape index (κ2) is 4.86. The summed E-state index contributed by atoms with van der Waals surface area (Å²) in [5, 5.41) is 0. The Hall–Kier alpha value is -0.740. The first-order valence-corrected chi connectivity index (χ1v) is 4.93. The number of hydrogen-bond donors (Lipinski definition) is 0. The summed E-state index contributed by atoms with van der Waals surface area (Å²) >= 11 is 0. The van der Waals surface area contributed by atoms with Crippen molar-refractivity contribution < 1.29 is 22.7 Å². The van der Waals surface area contributed by atoms with Crippen molar-refractivity contribution in [2.45, 2.75) is 52.8 Å². The minimum absolute atomic E-state index is 0.255. The summed E-state index contributed by atoms with van der Waals surface area (Å²) in [7, 11) is 0. The molecule has 0 saturated carbocycles. The molecule has 2 nitrogen and oxygen atoms in total. The topological polar surface area (TPSA) is 26.3 Å². The van der Waals surface area contributed by atoms with Crippen molar-refractivity contribution in [3.63, 3.8) is 0 Å². The van der Waals surface area contributed by atoms with Crippen molar-refractivity contribution in [1.82, 2.24) is 0 Å². The molecule has 0 saturated heterocycles. The average Bonchev–Trinajstić information content (AvgIpc) is 2.11. The van der Waals surface area contributed by atoms with E-state index in [9.17, 15) is 18.0 Å². The largest absolute Gasteiger partial charge is 0.452 e. The summed E-state index contributed by atoms with van der Waals surface area (Å²) in [4.78, 5) is 11.4. The maximum atomic E-state index is 12.3. The predicted molar refractivity (Wildman–Crippen MR) is 50.3 cm³/mol. The third-order valence-corrected chi connectivity index (χ3v) is 2.42. The Morgan fingerprint density at radius 3 is 2.00 bits per heavy atom. The van der Waals surface area contributed by atoms with Gasteiger partial charge in [0.05, 0.1) is 5.41 Å². The highest BCUT2D eigenvalue weighted by Crippen LogP contribution is 2.29. The Bertz CT molecular complexity index is 221. The zero-order valence-corrected chi connectivity index (χ0v) is 9.44. The molecule has 0 N–H and O–H groups in total. The molecule has 0 spiro atoms. The first-order chi connectivity index (χ1) is 6.65. The highest BCUT2D eigenvalue weighted by atomic mass is 19.4. The molecule has 0 aromatic rings. The van der Waals surface area contributed by atoms with E-state index in [0.717, 1.165) is 0 Å². The van der Waals surface area contributed by atoms with Gasteiger partial charge in [0.25, 0.3) is 0 Å². The molecule has 0 aromatic heterocycles. The van der Waals surface area contributed by atoms with Crippen LogP contribution in [0.4, 0.5) is 13.2 Å². The number of carbonyl (C=O) groups excluding carboxylic acids is 1. The van der Waals surface area contributed by atoms with Crippen LogP contribution in [0.3, 0.4) is 0 Å². The molecule has 0 rings (SSSR count). The van der Waals surface area contributed by atoms with E-state index in [-0.39, 0.29) is 6.42 Å². The number of alkyl halides is 3. The number of carbonyl (C=O) groups is 1. The molecule has 0 aliphatic carbocycles. The Balaban J connectivity index is 4.52. The van der Waals surface area contributed by atoms with Gasteiger partial charge in [0.2, 0.25) is 0 Å². The lowest BCUT2D eigenvalue weighted by Crippen LogP contribution is -2.37. The number of halogens is 3. The van der Waals surface area contributed by atoms with Gasteiger partial charge in [-0.2, -0.15) is 13.2 Å². The van der Waals surface area contributed by atoms with Crippen molar-refractivity contribution in [3.8, 4) is 0 Å². The van der Waals surface area contributed by atoms with Crippen LogP contribution in [0.5, 0.6) is 0 Å². The molecule has 0 heterocycles. The molecule has 0 radical (unpaired) electrons. The van der Waals surface area contributed by atoms with Crippen LogP contribution >= 0.6 is 0 Å². The van der Waals surface area contributed by atoms with Crippen LogP contribution in [0.15, 0.2) is 0 Å². The molecular formula is C10H17F3O2. The third-order valence-electron chi connectivity index (χ3n) is 2.42. The fourth-order valence-electron chi connectivity index (χ4n) is 0.815. The summed E-state index contributed by atoms with van der Waals surface area (Å²) in [5.74, 6) is -0.797. The van der Waals surface area contributed by atoms with Crippen LogP contribution in [0.1, 0.15) is 40.5 Å². The molecule has 90 valence electrons. The normalized spacial score (nSPS) is 14.9. The molecule has 0 amide bonds. The van der Waals surface area contributed by atoms with E-state index in [1.807, 2.05) is 0 Å². The van der Waals surface area contributed by atoms with Gasteiger partial charge in [0.15, 0.2) is 6.10 Å². The lowest BCUT2D eigenvalue weighted by molar-refractivity contribution is -0.226. The van der Waals surface area contributed by atoms with E-state index in [0.29, 0.717) is 6.42 Å². The van der Waals surface area contributed by atoms with Crippen LogP contribution < -0.4 is 0 Å². The minimum Gasteiger partial charge on any atom is -0.452 e. The SMILES string of the molecule is CCC(OC(=O)C(C)(C)CC)C(F)(F)F. The Morgan fingerprint density at radius 1 is 1.27 bits per heavy atom. The highest BCUT2D eigenvalue weighted by Gasteiger charge is 2.43. The summed E-state index contributed by atoms with van der Waals surface area (Å²) < 4.78 is 41.3. The number of rotatable bonds is 4. The molecule has 0 aliphatic rings. The average molecular weight is 226 g/mol. The molecule has 1 unspecified atom stereocenters. The summed E-state index contributed by atoms with van der Waals surface area (Å²) in [5.41, 5.74) is -0.862. The first kappa shape index (κ1) is 14.3. The van der Waals surface area contributed by atoms with Crippen LogP contribution in [0.2, 0.25) is 0 Å². The fourth-order valence-corrected chi connectivity index (χ4v) is 0.815. The quantitative estimate of drug-likeness (QED) is 0.687. The van der Waals surface area contributed by atoms with Crippen LogP contribution in [0.25, 0.3) is 0 Å². The van der Waals surface area contributed by atoms with Gasteiger partial charge >= 0.3 is 12.1 Å². The van der Waals surface area contributed by atoms with Crippen molar-refractivity contribution in [2.24, 2.45) is 5.41 Å². The summed E-state index contributed by atoms with van der Waals surface area (Å²) in [6.45, 7) is 6.21. The van der Waals surface area contributed by atoms with E-state index < -0.39 is 23.7 Å². The van der Waals surface area contributed by atoms with E-state index in [1.165, 1.54) is 6.92 Å². The smallest absolute Gasteiger partial charge is 0.425 e. The van der Waals surface area contributed by atoms with Crippen LogP contribution in [0, 0.1) is 5.41 Å². The van der Waals surface area contributed by atoms with Crippen molar-refractivity contribution >= 4 is 5.97 Å². The number of hydrogen-bond acceptors (Lipinski definition) is 2. The lowest BCUT2D eigenvalue weighted by atomic mass is 9.90. The van der Waals surface area contributed by atoms with Crippen LogP contribution in [-0.2, 0) is 9.53 Å². The summed E-state index contributed by atoms with van der Waals surface area (Å²) in [6, 6.07) is 0. The maximum Gasteiger partial charge on any atom is 0.425 e. The molecule has 0 aliphatic heterocycles. The first-order valence-electron chi connectivity index (χ1n) is 4.93. The van der Waals surface area contributed by atoms with Gasteiger partial charge in [-0.25, -0.2) is 0 Å². The van der Waals surface area contributed by atoms with E-state index in [1.54, 1.807) is 20.8 Å². The zero-order valence-electron chi connectivity index (χ0n) is 9.44. The molecule has 15 heavy (non-hydrogen) atoms. The number of ether oxygens (including phenoxy) is 1.